The van der Waals surface area contributed by atoms with Gasteiger partial charge in [-0.25, -0.2) is 4.98 Å². The van der Waals surface area contributed by atoms with E-state index in [-0.39, 0.29) is 0 Å². The van der Waals surface area contributed by atoms with Crippen LogP contribution < -0.4 is 9.47 Å². The molecule has 2 aromatic heterocycles. The highest BCUT2D eigenvalue weighted by Gasteiger charge is 2.15. The first kappa shape index (κ1) is 17.7. The largest absolute Gasteiger partial charge is 0.497 e. The van der Waals surface area contributed by atoms with Gasteiger partial charge in [0, 0.05) is 11.1 Å². The molecule has 0 aliphatic heterocycles. The van der Waals surface area contributed by atoms with Gasteiger partial charge in [0.1, 0.15) is 11.5 Å². The molecule has 0 radical (unpaired) electrons. The molecule has 0 fully saturated rings. The molecular weight excluding hydrogens is 376 g/mol. The van der Waals surface area contributed by atoms with Crippen molar-refractivity contribution in [3.8, 4) is 34.0 Å². The van der Waals surface area contributed by atoms with E-state index in [0.29, 0.717) is 0 Å². The minimum Gasteiger partial charge on any atom is -0.497 e. The number of aromatic nitrogens is 2. The van der Waals surface area contributed by atoms with Gasteiger partial charge in [0.25, 0.3) is 0 Å². The molecular formula is C21H18N2O2S2. The molecule has 0 atom stereocenters. The lowest BCUT2D eigenvalue weighted by molar-refractivity contribution is 0.414. The van der Waals surface area contributed by atoms with Crippen LogP contribution in [0.4, 0.5) is 0 Å². The van der Waals surface area contributed by atoms with Gasteiger partial charge in [0.15, 0.2) is 5.16 Å². The zero-order valence-corrected chi connectivity index (χ0v) is 16.6. The first-order valence-corrected chi connectivity index (χ1v) is 10.1. The van der Waals surface area contributed by atoms with Crippen molar-refractivity contribution in [2.75, 3.05) is 14.2 Å². The van der Waals surface area contributed by atoms with Crippen molar-refractivity contribution in [1.29, 1.82) is 0 Å². The summed E-state index contributed by atoms with van der Waals surface area (Å²) >= 11 is 3.34. The molecule has 27 heavy (non-hydrogen) atoms. The Labute approximate surface area is 166 Å². The topological polar surface area (TPSA) is 47.1 Å². The maximum absolute atomic E-state index is 5.28. The van der Waals surface area contributed by atoms with Gasteiger partial charge in [-0.3, -0.25) is 0 Å². The summed E-state index contributed by atoms with van der Waals surface area (Å²) in [7, 11) is 3.34. The summed E-state index contributed by atoms with van der Waals surface area (Å²) in [5, 5.41) is 2.94. The van der Waals surface area contributed by atoms with E-state index in [4.69, 9.17) is 14.5 Å². The minimum absolute atomic E-state index is 0.827. The van der Waals surface area contributed by atoms with Gasteiger partial charge < -0.3 is 14.5 Å². The fourth-order valence-electron chi connectivity index (χ4n) is 2.74. The number of nitrogens with zero attached hydrogens (tertiary/aromatic N) is 1. The Kier molecular flexibility index (Phi) is 5.18. The summed E-state index contributed by atoms with van der Waals surface area (Å²) in [6.07, 6.45) is 0. The standard InChI is InChI=1S/C21H18N2O2S2/c1-24-16-9-5-14(6-10-16)19-20(15-7-11-17(25-2)12-8-15)23-21(22-19)27-18-4-3-13-26-18/h3-13H,1-2H3,(H,22,23). The van der Waals surface area contributed by atoms with Crippen LogP contribution in [0.15, 0.2) is 75.4 Å². The van der Waals surface area contributed by atoms with Gasteiger partial charge in [-0.15, -0.1) is 11.3 Å². The second kappa shape index (κ2) is 7.90. The Morgan fingerprint density at radius 3 is 2.04 bits per heavy atom. The molecule has 136 valence electrons. The molecule has 2 aromatic carbocycles. The molecule has 4 aromatic rings. The maximum atomic E-state index is 5.28. The highest BCUT2D eigenvalue weighted by Crippen LogP contribution is 2.37. The van der Waals surface area contributed by atoms with Crippen molar-refractivity contribution in [2.24, 2.45) is 0 Å². The van der Waals surface area contributed by atoms with E-state index in [0.717, 1.165) is 39.2 Å². The van der Waals surface area contributed by atoms with Crippen molar-refractivity contribution in [3.05, 3.63) is 66.0 Å². The highest BCUT2D eigenvalue weighted by molar-refractivity contribution is 8.01. The van der Waals surface area contributed by atoms with Crippen LogP contribution in [0.1, 0.15) is 0 Å². The fraction of sp³-hybridized carbons (Fsp3) is 0.0952. The average molecular weight is 395 g/mol. The lowest BCUT2D eigenvalue weighted by Gasteiger charge is -2.06. The number of ether oxygens (including phenoxy) is 2. The molecule has 0 amide bonds. The van der Waals surface area contributed by atoms with Crippen molar-refractivity contribution in [2.45, 2.75) is 9.37 Å². The Morgan fingerprint density at radius 1 is 0.852 bits per heavy atom. The monoisotopic (exact) mass is 394 g/mol. The molecule has 0 unspecified atom stereocenters. The van der Waals surface area contributed by atoms with Gasteiger partial charge in [-0.1, -0.05) is 6.07 Å². The molecule has 2 heterocycles. The normalized spacial score (nSPS) is 10.7. The van der Waals surface area contributed by atoms with Crippen LogP contribution in [-0.2, 0) is 0 Å². The molecule has 0 bridgehead atoms. The van der Waals surface area contributed by atoms with E-state index in [2.05, 4.69) is 16.4 Å². The predicted octanol–water partition coefficient (Wildman–Crippen LogP) is 5.97. The van der Waals surface area contributed by atoms with Gasteiger partial charge >= 0.3 is 0 Å². The number of aromatic amines is 1. The van der Waals surface area contributed by atoms with E-state index in [1.165, 1.54) is 4.21 Å². The quantitative estimate of drug-likeness (QED) is 0.437. The molecule has 0 saturated carbocycles. The van der Waals surface area contributed by atoms with Crippen molar-refractivity contribution >= 4 is 23.1 Å². The summed E-state index contributed by atoms with van der Waals surface area (Å²) < 4.78 is 11.8. The van der Waals surface area contributed by atoms with Gasteiger partial charge in [-0.05, 0) is 71.7 Å². The first-order chi connectivity index (χ1) is 13.3. The number of benzene rings is 2. The van der Waals surface area contributed by atoms with Gasteiger partial charge in [0.2, 0.25) is 0 Å². The summed E-state index contributed by atoms with van der Waals surface area (Å²) in [6.45, 7) is 0. The smallest absolute Gasteiger partial charge is 0.172 e. The minimum atomic E-state index is 0.827. The van der Waals surface area contributed by atoms with Crippen molar-refractivity contribution < 1.29 is 9.47 Å². The van der Waals surface area contributed by atoms with Gasteiger partial charge in [0.05, 0.1) is 29.8 Å². The number of rotatable bonds is 6. The Balaban J connectivity index is 1.77. The molecule has 0 spiro atoms. The fourth-order valence-corrected chi connectivity index (χ4v) is 4.41. The van der Waals surface area contributed by atoms with Crippen LogP contribution >= 0.6 is 23.1 Å². The lowest BCUT2D eigenvalue weighted by atomic mass is 10.0. The third-order valence-electron chi connectivity index (χ3n) is 4.12. The maximum Gasteiger partial charge on any atom is 0.172 e. The molecule has 1 N–H and O–H groups in total. The summed E-state index contributed by atoms with van der Waals surface area (Å²) in [6, 6.07) is 20.1. The number of hydrogen-bond acceptors (Lipinski definition) is 5. The number of H-pyrrole nitrogens is 1. The van der Waals surface area contributed by atoms with Crippen LogP contribution in [0.25, 0.3) is 22.5 Å². The number of methoxy groups -OCH3 is 2. The van der Waals surface area contributed by atoms with Crippen molar-refractivity contribution in [3.63, 3.8) is 0 Å². The second-order valence-electron chi connectivity index (χ2n) is 5.76. The van der Waals surface area contributed by atoms with Crippen molar-refractivity contribution in [1.82, 2.24) is 9.97 Å². The van der Waals surface area contributed by atoms with E-state index in [1.807, 2.05) is 54.6 Å². The number of hydrogen-bond donors (Lipinski definition) is 1. The Bertz CT molecular complexity index is 943. The third kappa shape index (κ3) is 3.86. The summed E-state index contributed by atoms with van der Waals surface area (Å²) in [4.78, 5) is 8.36. The zero-order valence-electron chi connectivity index (χ0n) is 14.9. The molecule has 0 aliphatic rings. The van der Waals surface area contributed by atoms with Crippen LogP contribution in [0, 0.1) is 0 Å². The van der Waals surface area contributed by atoms with E-state index < -0.39 is 0 Å². The predicted molar refractivity (Wildman–Crippen MR) is 111 cm³/mol. The Hall–Kier alpha value is -2.70. The molecule has 4 rings (SSSR count). The van der Waals surface area contributed by atoms with Crippen LogP contribution in [0.3, 0.4) is 0 Å². The van der Waals surface area contributed by atoms with Crippen LogP contribution in [-0.4, -0.2) is 24.2 Å². The van der Waals surface area contributed by atoms with E-state index in [9.17, 15) is 0 Å². The van der Waals surface area contributed by atoms with Crippen LogP contribution in [0.5, 0.6) is 11.5 Å². The number of nitrogens with one attached hydrogen (secondary N) is 1. The molecule has 6 heteroatoms. The molecule has 4 nitrogen and oxygen atoms in total. The van der Waals surface area contributed by atoms with E-state index >= 15 is 0 Å². The SMILES string of the molecule is COc1ccc(-c2nc(Sc3cccs3)[nH]c2-c2ccc(OC)cc2)cc1. The Morgan fingerprint density at radius 2 is 1.48 bits per heavy atom. The molecule has 0 aliphatic carbocycles. The third-order valence-corrected chi connectivity index (χ3v) is 6.04. The lowest BCUT2D eigenvalue weighted by Crippen LogP contribution is -1.87. The van der Waals surface area contributed by atoms with Gasteiger partial charge in [-0.2, -0.15) is 0 Å². The van der Waals surface area contributed by atoms with Crippen LogP contribution in [0.2, 0.25) is 0 Å². The highest BCUT2D eigenvalue weighted by atomic mass is 32.2. The average Bonchev–Trinajstić information content (AvgIpc) is 3.38. The van der Waals surface area contributed by atoms with E-state index in [1.54, 1.807) is 37.3 Å². The number of imidazole rings is 1. The number of thiophene rings is 1. The summed E-state index contributed by atoms with van der Waals surface area (Å²) in [5.41, 5.74) is 4.01. The first-order valence-electron chi connectivity index (χ1n) is 8.37. The zero-order chi connectivity index (χ0) is 18.6. The summed E-state index contributed by atoms with van der Waals surface area (Å²) in [5.74, 6) is 1.66. The molecule has 0 saturated heterocycles. The second-order valence-corrected chi connectivity index (χ2v) is 7.99.